The second-order valence-electron chi connectivity index (χ2n) is 4.88. The Bertz CT molecular complexity index is 452. The first-order valence-corrected chi connectivity index (χ1v) is 7.08. The molecule has 0 radical (unpaired) electrons. The molecule has 106 valence electrons. The van der Waals surface area contributed by atoms with Gasteiger partial charge in [-0.1, -0.05) is 41.7 Å². The number of halogens is 3. The topological polar surface area (TPSA) is 41.1 Å². The van der Waals surface area contributed by atoms with Gasteiger partial charge >= 0.3 is 0 Å². The Balaban J connectivity index is 2.65. The molecule has 0 aliphatic heterocycles. The van der Waals surface area contributed by atoms with Gasteiger partial charge in [0.25, 0.3) is 0 Å². The molecule has 0 saturated carbocycles. The highest BCUT2D eigenvalue weighted by atomic mass is 35.5. The van der Waals surface area contributed by atoms with Gasteiger partial charge in [-0.05, 0) is 32.4 Å². The predicted octanol–water partition coefficient (Wildman–Crippen LogP) is 4.36. The number of benzene rings is 1. The molecule has 0 atom stereocenters. The number of amides is 1. The summed E-state index contributed by atoms with van der Waals surface area (Å²) in [4.78, 5) is 11.8. The molecular weight excluding hydrogens is 307 g/mol. The van der Waals surface area contributed by atoms with Gasteiger partial charge in [0.15, 0.2) is 0 Å². The van der Waals surface area contributed by atoms with Crippen LogP contribution in [0, 0.1) is 0 Å². The van der Waals surface area contributed by atoms with E-state index in [1.165, 1.54) is 0 Å². The standard InChI is InChI=1S/C13H17Cl3N2O/c1-4-13(2,3)18-11(19)7-17-12-9(15)5-8(14)6-10(12)16/h5-6,17H,4,7H2,1-3H3,(H,18,19). The lowest BCUT2D eigenvalue weighted by Gasteiger charge is -2.24. The van der Waals surface area contributed by atoms with Gasteiger partial charge in [0.1, 0.15) is 0 Å². The summed E-state index contributed by atoms with van der Waals surface area (Å²) in [6.45, 7) is 6.05. The second-order valence-corrected chi connectivity index (χ2v) is 6.13. The molecule has 0 unspecified atom stereocenters. The summed E-state index contributed by atoms with van der Waals surface area (Å²) in [5, 5.41) is 7.07. The highest BCUT2D eigenvalue weighted by Gasteiger charge is 2.18. The summed E-state index contributed by atoms with van der Waals surface area (Å²) >= 11 is 17.8. The predicted molar refractivity (Wildman–Crippen MR) is 82.5 cm³/mol. The molecule has 1 aromatic carbocycles. The van der Waals surface area contributed by atoms with Crippen LogP contribution in [0.3, 0.4) is 0 Å². The zero-order chi connectivity index (χ0) is 14.6. The summed E-state index contributed by atoms with van der Waals surface area (Å²) in [6, 6.07) is 3.15. The van der Waals surface area contributed by atoms with Crippen molar-refractivity contribution in [2.24, 2.45) is 0 Å². The highest BCUT2D eigenvalue weighted by Crippen LogP contribution is 2.33. The third-order valence-electron chi connectivity index (χ3n) is 2.79. The molecule has 0 heterocycles. The van der Waals surface area contributed by atoms with Crippen molar-refractivity contribution >= 4 is 46.4 Å². The van der Waals surface area contributed by atoms with Crippen LogP contribution in [0.5, 0.6) is 0 Å². The van der Waals surface area contributed by atoms with Crippen LogP contribution in [-0.4, -0.2) is 18.0 Å². The highest BCUT2D eigenvalue weighted by molar-refractivity contribution is 6.41. The summed E-state index contributed by atoms with van der Waals surface area (Å²) in [5.74, 6) is -0.117. The van der Waals surface area contributed by atoms with Gasteiger partial charge in [-0.25, -0.2) is 0 Å². The molecule has 0 fully saturated rings. The first-order chi connectivity index (χ1) is 8.75. The van der Waals surface area contributed by atoms with Gasteiger partial charge in [-0.3, -0.25) is 4.79 Å². The lowest BCUT2D eigenvalue weighted by Crippen LogP contribution is -2.45. The summed E-state index contributed by atoms with van der Waals surface area (Å²) in [6.07, 6.45) is 0.848. The van der Waals surface area contributed by atoms with Crippen LogP contribution in [0.2, 0.25) is 15.1 Å². The van der Waals surface area contributed by atoms with E-state index < -0.39 is 0 Å². The molecule has 3 nitrogen and oxygen atoms in total. The van der Waals surface area contributed by atoms with E-state index in [9.17, 15) is 4.79 Å². The second kappa shape index (κ2) is 6.69. The molecule has 1 amide bonds. The van der Waals surface area contributed by atoms with Gasteiger partial charge in [0.05, 0.1) is 22.3 Å². The summed E-state index contributed by atoms with van der Waals surface area (Å²) < 4.78 is 0. The minimum Gasteiger partial charge on any atom is -0.374 e. The monoisotopic (exact) mass is 322 g/mol. The number of carbonyl (C=O) groups is 1. The molecule has 2 N–H and O–H groups in total. The molecule has 1 aromatic rings. The summed E-state index contributed by atoms with van der Waals surface area (Å²) in [5.41, 5.74) is 0.281. The van der Waals surface area contributed by atoms with Crippen molar-refractivity contribution in [2.75, 3.05) is 11.9 Å². The van der Waals surface area contributed by atoms with Crippen molar-refractivity contribution in [3.63, 3.8) is 0 Å². The first kappa shape index (κ1) is 16.4. The molecule has 1 rings (SSSR count). The Morgan fingerprint density at radius 1 is 1.21 bits per heavy atom. The fourth-order valence-corrected chi connectivity index (χ4v) is 2.34. The fraction of sp³-hybridized carbons (Fsp3) is 0.462. The maximum absolute atomic E-state index is 11.8. The van der Waals surface area contributed by atoms with Crippen LogP contribution in [-0.2, 0) is 4.79 Å². The quantitative estimate of drug-likeness (QED) is 0.845. The van der Waals surface area contributed by atoms with E-state index in [1.807, 2.05) is 20.8 Å². The van der Waals surface area contributed by atoms with Gasteiger partial charge in [-0.15, -0.1) is 0 Å². The van der Waals surface area contributed by atoms with Crippen molar-refractivity contribution in [1.29, 1.82) is 0 Å². The Morgan fingerprint density at radius 3 is 2.21 bits per heavy atom. The minimum absolute atomic E-state index is 0.102. The van der Waals surface area contributed by atoms with Crippen molar-refractivity contribution in [2.45, 2.75) is 32.7 Å². The van der Waals surface area contributed by atoms with E-state index in [0.717, 1.165) is 6.42 Å². The third kappa shape index (κ3) is 5.09. The normalized spacial score (nSPS) is 11.3. The van der Waals surface area contributed by atoms with Crippen LogP contribution in [0.25, 0.3) is 0 Å². The van der Waals surface area contributed by atoms with Crippen LogP contribution in [0.4, 0.5) is 5.69 Å². The number of rotatable bonds is 5. The van der Waals surface area contributed by atoms with Crippen LogP contribution < -0.4 is 10.6 Å². The number of hydrogen-bond acceptors (Lipinski definition) is 2. The molecule has 0 aromatic heterocycles. The van der Waals surface area contributed by atoms with Crippen LogP contribution >= 0.6 is 34.8 Å². The molecular formula is C13H17Cl3N2O. The van der Waals surface area contributed by atoms with E-state index in [2.05, 4.69) is 10.6 Å². The molecule has 0 saturated heterocycles. The van der Waals surface area contributed by atoms with Crippen molar-refractivity contribution < 1.29 is 4.79 Å². The van der Waals surface area contributed by atoms with Gasteiger partial charge in [-0.2, -0.15) is 0 Å². The van der Waals surface area contributed by atoms with E-state index in [1.54, 1.807) is 12.1 Å². The lowest BCUT2D eigenvalue weighted by atomic mass is 10.0. The number of nitrogens with one attached hydrogen (secondary N) is 2. The largest absolute Gasteiger partial charge is 0.374 e. The molecule has 19 heavy (non-hydrogen) atoms. The van der Waals surface area contributed by atoms with Crippen molar-refractivity contribution in [3.05, 3.63) is 27.2 Å². The molecule has 0 bridgehead atoms. The smallest absolute Gasteiger partial charge is 0.239 e. The Labute approximate surface area is 128 Å². The zero-order valence-electron chi connectivity index (χ0n) is 11.1. The zero-order valence-corrected chi connectivity index (χ0v) is 13.4. The number of anilines is 1. The van der Waals surface area contributed by atoms with E-state index >= 15 is 0 Å². The average Bonchev–Trinajstić information content (AvgIpc) is 2.26. The maximum Gasteiger partial charge on any atom is 0.239 e. The van der Waals surface area contributed by atoms with Crippen LogP contribution in [0.15, 0.2) is 12.1 Å². The SMILES string of the molecule is CCC(C)(C)NC(=O)CNc1c(Cl)cc(Cl)cc1Cl. The maximum atomic E-state index is 11.8. The molecule has 0 spiro atoms. The first-order valence-electron chi connectivity index (χ1n) is 5.94. The number of hydrogen-bond donors (Lipinski definition) is 2. The van der Waals surface area contributed by atoms with E-state index in [-0.39, 0.29) is 18.0 Å². The van der Waals surface area contributed by atoms with E-state index in [0.29, 0.717) is 20.8 Å². The molecule has 6 heteroatoms. The Hall–Kier alpha value is -0.640. The van der Waals surface area contributed by atoms with Crippen LogP contribution in [0.1, 0.15) is 27.2 Å². The van der Waals surface area contributed by atoms with Gasteiger partial charge in [0, 0.05) is 10.6 Å². The fourth-order valence-electron chi connectivity index (χ4n) is 1.39. The average molecular weight is 324 g/mol. The molecule has 0 aliphatic carbocycles. The van der Waals surface area contributed by atoms with Gasteiger partial charge in [0.2, 0.25) is 5.91 Å². The Morgan fingerprint density at radius 2 is 1.74 bits per heavy atom. The van der Waals surface area contributed by atoms with Crippen molar-refractivity contribution in [1.82, 2.24) is 5.32 Å². The van der Waals surface area contributed by atoms with Crippen molar-refractivity contribution in [3.8, 4) is 0 Å². The third-order valence-corrected chi connectivity index (χ3v) is 3.61. The lowest BCUT2D eigenvalue weighted by molar-refractivity contribution is -0.121. The Kier molecular flexibility index (Phi) is 5.78. The summed E-state index contributed by atoms with van der Waals surface area (Å²) in [7, 11) is 0. The van der Waals surface area contributed by atoms with Gasteiger partial charge < -0.3 is 10.6 Å². The molecule has 0 aliphatic rings. The minimum atomic E-state index is -0.230. The number of carbonyl (C=O) groups excluding carboxylic acids is 1. The van der Waals surface area contributed by atoms with E-state index in [4.69, 9.17) is 34.8 Å².